The van der Waals surface area contributed by atoms with Crippen LogP contribution in [-0.4, -0.2) is 41.6 Å². The van der Waals surface area contributed by atoms with Crippen LogP contribution in [0.4, 0.5) is 11.5 Å². The fourth-order valence-corrected chi connectivity index (χ4v) is 2.89. The van der Waals surface area contributed by atoms with E-state index in [-0.39, 0.29) is 5.91 Å². The molecule has 1 heterocycles. The molecule has 3 N–H and O–H groups in total. The van der Waals surface area contributed by atoms with Gasteiger partial charge < -0.3 is 15.5 Å². The van der Waals surface area contributed by atoms with Crippen molar-refractivity contribution in [2.45, 2.75) is 6.92 Å². The minimum absolute atomic E-state index is 0.311. The fourth-order valence-electron chi connectivity index (χ4n) is 2.89. The van der Waals surface area contributed by atoms with Crippen molar-refractivity contribution in [3.63, 3.8) is 0 Å². The van der Waals surface area contributed by atoms with Crippen molar-refractivity contribution >= 4 is 29.2 Å². The van der Waals surface area contributed by atoms with Gasteiger partial charge in [-0.1, -0.05) is 30.2 Å². The normalized spacial score (nSPS) is 9.84. The van der Waals surface area contributed by atoms with E-state index in [0.717, 1.165) is 5.56 Å². The van der Waals surface area contributed by atoms with Crippen LogP contribution in [0.1, 0.15) is 38.8 Å². The van der Waals surface area contributed by atoms with Crippen LogP contribution < -0.4 is 10.6 Å². The fraction of sp³-hybridized carbons (Fsp3) is 0.120. The van der Waals surface area contributed by atoms with E-state index in [9.17, 15) is 9.59 Å². The maximum atomic E-state index is 12.8. The van der Waals surface area contributed by atoms with Crippen molar-refractivity contribution < 1.29 is 9.59 Å². The average molecular weight is 425 g/mol. The van der Waals surface area contributed by atoms with E-state index in [1.165, 1.54) is 0 Å². The lowest BCUT2D eigenvalue weighted by molar-refractivity contribution is 0.102. The molecular formula is C25H23N5O2. The monoisotopic (exact) mass is 425 g/mol. The number of pyridine rings is 1. The van der Waals surface area contributed by atoms with Crippen LogP contribution in [0.2, 0.25) is 0 Å². The van der Waals surface area contributed by atoms with Gasteiger partial charge in [0.25, 0.3) is 11.8 Å². The molecule has 0 aliphatic carbocycles. The Balaban J connectivity index is 1.74. The highest BCUT2D eigenvalue weighted by Crippen LogP contribution is 2.18. The molecule has 0 unspecified atom stereocenters. The van der Waals surface area contributed by atoms with E-state index in [1.54, 1.807) is 92.8 Å². The third kappa shape index (κ3) is 5.37. The van der Waals surface area contributed by atoms with E-state index < -0.39 is 5.91 Å². The maximum absolute atomic E-state index is 12.8. The summed E-state index contributed by atoms with van der Waals surface area (Å²) in [6.07, 6.45) is 1.58. The molecule has 0 saturated heterocycles. The van der Waals surface area contributed by atoms with Crippen molar-refractivity contribution in [1.82, 2.24) is 9.88 Å². The molecule has 7 heteroatoms. The molecule has 7 nitrogen and oxygen atoms in total. The van der Waals surface area contributed by atoms with Crippen LogP contribution >= 0.6 is 0 Å². The van der Waals surface area contributed by atoms with E-state index in [4.69, 9.17) is 5.41 Å². The van der Waals surface area contributed by atoms with E-state index in [2.05, 4.69) is 27.5 Å². The average Bonchev–Trinajstić information content (AvgIpc) is 2.80. The molecule has 0 spiro atoms. The number of benzene rings is 2. The molecule has 160 valence electrons. The van der Waals surface area contributed by atoms with Gasteiger partial charge in [-0.15, -0.1) is 5.92 Å². The predicted octanol–water partition coefficient (Wildman–Crippen LogP) is 3.84. The molecule has 0 fully saturated rings. The first-order valence-corrected chi connectivity index (χ1v) is 9.86. The highest BCUT2D eigenvalue weighted by atomic mass is 16.2. The van der Waals surface area contributed by atoms with Gasteiger partial charge in [-0.05, 0) is 43.3 Å². The molecule has 1 aromatic heterocycles. The molecular weight excluding hydrogens is 402 g/mol. The molecule has 3 rings (SSSR count). The van der Waals surface area contributed by atoms with E-state index in [1.807, 2.05) is 0 Å². The summed E-state index contributed by atoms with van der Waals surface area (Å²) in [5.41, 5.74) is 2.57. The van der Waals surface area contributed by atoms with Crippen LogP contribution in [0.3, 0.4) is 0 Å². The van der Waals surface area contributed by atoms with Gasteiger partial charge in [-0.2, -0.15) is 0 Å². The zero-order valence-corrected chi connectivity index (χ0v) is 18.1. The van der Waals surface area contributed by atoms with Gasteiger partial charge in [-0.3, -0.25) is 15.0 Å². The SMILES string of the molecule is CC#Cc1ccc(NC(=O)c2ccccc2NC(=O)c2ccc(C(=N)N(C)C)cc2)nc1. The number of amidine groups is 1. The van der Waals surface area contributed by atoms with Crippen molar-refractivity contribution in [3.8, 4) is 11.8 Å². The molecule has 0 radical (unpaired) electrons. The minimum atomic E-state index is -0.391. The molecule has 2 amide bonds. The second kappa shape index (κ2) is 10.0. The molecule has 32 heavy (non-hydrogen) atoms. The Morgan fingerprint density at radius 1 is 0.906 bits per heavy atom. The van der Waals surface area contributed by atoms with Crippen LogP contribution in [-0.2, 0) is 0 Å². The van der Waals surface area contributed by atoms with E-state index in [0.29, 0.717) is 34.0 Å². The molecule has 0 bridgehead atoms. The number of rotatable bonds is 5. The van der Waals surface area contributed by atoms with Gasteiger partial charge in [0.05, 0.1) is 11.3 Å². The van der Waals surface area contributed by atoms with Crippen LogP contribution in [0.5, 0.6) is 0 Å². The van der Waals surface area contributed by atoms with Crippen LogP contribution in [0.25, 0.3) is 0 Å². The number of hydrogen-bond donors (Lipinski definition) is 3. The van der Waals surface area contributed by atoms with Gasteiger partial charge in [0.15, 0.2) is 0 Å². The quantitative estimate of drug-likeness (QED) is 0.329. The number of hydrogen-bond acceptors (Lipinski definition) is 4. The second-order valence-electron chi connectivity index (χ2n) is 7.08. The summed E-state index contributed by atoms with van der Waals surface area (Å²) in [7, 11) is 3.57. The summed E-state index contributed by atoms with van der Waals surface area (Å²) in [5, 5.41) is 13.5. The Labute approximate surface area is 187 Å². The third-order valence-electron chi connectivity index (χ3n) is 4.56. The zero-order valence-electron chi connectivity index (χ0n) is 18.1. The first kappa shape index (κ1) is 22.2. The number of anilines is 2. The van der Waals surface area contributed by atoms with Crippen LogP contribution in [0, 0.1) is 17.3 Å². The van der Waals surface area contributed by atoms with Gasteiger partial charge >= 0.3 is 0 Å². The number of nitrogens with one attached hydrogen (secondary N) is 3. The highest BCUT2D eigenvalue weighted by Gasteiger charge is 2.15. The minimum Gasteiger partial charge on any atom is -0.363 e. The number of carbonyl (C=O) groups excluding carboxylic acids is 2. The topological polar surface area (TPSA) is 98.2 Å². The summed E-state index contributed by atoms with van der Waals surface area (Å²) in [5.74, 6) is 5.68. The second-order valence-corrected chi connectivity index (χ2v) is 7.08. The lowest BCUT2D eigenvalue weighted by atomic mass is 10.1. The summed E-state index contributed by atoms with van der Waals surface area (Å²) < 4.78 is 0. The number of nitrogens with zero attached hydrogens (tertiary/aromatic N) is 2. The first-order chi connectivity index (χ1) is 15.4. The lowest BCUT2D eigenvalue weighted by Crippen LogP contribution is -2.22. The molecule has 0 atom stereocenters. The number of para-hydroxylation sites is 1. The Bertz CT molecular complexity index is 1200. The Kier molecular flexibility index (Phi) is 6.99. The molecule has 3 aromatic rings. The highest BCUT2D eigenvalue weighted by molar-refractivity contribution is 6.12. The Morgan fingerprint density at radius 3 is 2.22 bits per heavy atom. The maximum Gasteiger partial charge on any atom is 0.258 e. The number of aromatic nitrogens is 1. The molecule has 0 aliphatic heterocycles. The Morgan fingerprint density at radius 2 is 1.59 bits per heavy atom. The smallest absolute Gasteiger partial charge is 0.258 e. The standard InChI is InChI=1S/C25H23N5O2/c1-4-7-17-10-15-22(27-16-17)29-25(32)20-8-5-6-9-21(20)28-24(31)19-13-11-18(12-14-19)23(26)30(2)3/h5-6,8-16,26H,1-3H3,(H,28,31)(H,27,29,32). The molecule has 2 aromatic carbocycles. The van der Waals surface area contributed by atoms with E-state index >= 15 is 0 Å². The predicted molar refractivity (Wildman–Crippen MR) is 126 cm³/mol. The van der Waals surface area contributed by atoms with Gasteiger partial charge in [0, 0.05) is 37.0 Å². The van der Waals surface area contributed by atoms with Crippen molar-refractivity contribution in [3.05, 3.63) is 89.1 Å². The largest absolute Gasteiger partial charge is 0.363 e. The van der Waals surface area contributed by atoms with Crippen molar-refractivity contribution in [2.75, 3.05) is 24.7 Å². The molecule has 0 aliphatic rings. The third-order valence-corrected chi connectivity index (χ3v) is 4.56. The zero-order chi connectivity index (χ0) is 23.1. The summed E-state index contributed by atoms with van der Waals surface area (Å²) >= 11 is 0. The lowest BCUT2D eigenvalue weighted by Gasteiger charge is -2.14. The van der Waals surface area contributed by atoms with Gasteiger partial charge in [-0.25, -0.2) is 4.98 Å². The summed E-state index contributed by atoms with van der Waals surface area (Å²) in [6, 6.07) is 16.9. The summed E-state index contributed by atoms with van der Waals surface area (Å²) in [6.45, 7) is 1.74. The van der Waals surface area contributed by atoms with Crippen molar-refractivity contribution in [1.29, 1.82) is 5.41 Å². The van der Waals surface area contributed by atoms with Gasteiger partial charge in [0.1, 0.15) is 11.7 Å². The number of amides is 2. The van der Waals surface area contributed by atoms with Crippen LogP contribution in [0.15, 0.2) is 66.9 Å². The Hall–Kier alpha value is -4.44. The summed E-state index contributed by atoms with van der Waals surface area (Å²) in [4.78, 5) is 31.4. The van der Waals surface area contributed by atoms with Gasteiger partial charge in [0.2, 0.25) is 0 Å². The molecule has 0 saturated carbocycles. The van der Waals surface area contributed by atoms with Crippen molar-refractivity contribution in [2.24, 2.45) is 0 Å². The first-order valence-electron chi connectivity index (χ1n) is 9.86. The number of carbonyl (C=O) groups is 2.